The van der Waals surface area contributed by atoms with Crippen LogP contribution >= 0.6 is 0 Å². The van der Waals surface area contributed by atoms with Gasteiger partial charge in [0.2, 0.25) is 5.60 Å². The van der Waals surface area contributed by atoms with Crippen LogP contribution in [0.3, 0.4) is 0 Å². The van der Waals surface area contributed by atoms with Gasteiger partial charge in [0.25, 0.3) is 0 Å². The summed E-state index contributed by atoms with van der Waals surface area (Å²) in [4.78, 5) is 24.4. The van der Waals surface area contributed by atoms with Crippen LogP contribution in [-0.4, -0.2) is 22.6 Å². The van der Waals surface area contributed by atoms with Gasteiger partial charge in [-0.15, -0.1) is 0 Å². The molecule has 30 heavy (non-hydrogen) atoms. The maximum Gasteiger partial charge on any atom is 0.348 e. The Bertz CT molecular complexity index is 628. The standard InChI is InChI=1S/C25H40O5/c1-4-7-9-10-11-12-13-18-23(26)29-21-16-14-15-17-22(21)30-25(19-6-3,24(27)28)20-8-5-2/h14-17H,4-13,18-20H2,1-3H3,(H,27,28). The predicted octanol–water partition coefficient (Wildman–Crippen LogP) is 6.93. The van der Waals surface area contributed by atoms with Gasteiger partial charge in [0.1, 0.15) is 0 Å². The Hall–Kier alpha value is -2.04. The Morgan fingerprint density at radius 2 is 1.40 bits per heavy atom. The molecule has 0 amide bonds. The third kappa shape index (κ3) is 9.19. The lowest BCUT2D eigenvalue weighted by Crippen LogP contribution is -2.44. The fourth-order valence-corrected chi connectivity index (χ4v) is 3.58. The zero-order chi connectivity index (χ0) is 22.2. The van der Waals surface area contributed by atoms with Crippen LogP contribution in [0.4, 0.5) is 0 Å². The molecule has 0 aromatic heterocycles. The van der Waals surface area contributed by atoms with Gasteiger partial charge in [-0.05, 0) is 37.8 Å². The van der Waals surface area contributed by atoms with Gasteiger partial charge in [-0.3, -0.25) is 4.79 Å². The van der Waals surface area contributed by atoms with Crippen molar-refractivity contribution in [3.8, 4) is 11.5 Å². The van der Waals surface area contributed by atoms with Crippen LogP contribution in [-0.2, 0) is 9.59 Å². The molecule has 1 unspecified atom stereocenters. The largest absolute Gasteiger partial charge is 0.478 e. The minimum absolute atomic E-state index is 0.295. The van der Waals surface area contributed by atoms with Crippen molar-refractivity contribution in [1.82, 2.24) is 0 Å². The summed E-state index contributed by atoms with van der Waals surface area (Å²) in [5.41, 5.74) is -1.30. The van der Waals surface area contributed by atoms with E-state index in [1.807, 2.05) is 13.8 Å². The van der Waals surface area contributed by atoms with Crippen molar-refractivity contribution < 1.29 is 24.2 Å². The Balaban J connectivity index is 2.71. The normalized spacial score (nSPS) is 12.9. The van der Waals surface area contributed by atoms with Gasteiger partial charge in [-0.25, -0.2) is 4.79 Å². The van der Waals surface area contributed by atoms with E-state index in [-0.39, 0.29) is 5.97 Å². The van der Waals surface area contributed by atoms with Gasteiger partial charge in [0.15, 0.2) is 11.5 Å². The van der Waals surface area contributed by atoms with E-state index in [1.54, 1.807) is 24.3 Å². The van der Waals surface area contributed by atoms with Crippen molar-refractivity contribution in [1.29, 1.82) is 0 Å². The number of unbranched alkanes of at least 4 members (excludes halogenated alkanes) is 7. The van der Waals surface area contributed by atoms with E-state index in [4.69, 9.17) is 9.47 Å². The fourth-order valence-electron chi connectivity index (χ4n) is 3.58. The molecule has 0 aliphatic rings. The summed E-state index contributed by atoms with van der Waals surface area (Å²) in [6.07, 6.45) is 11.5. The third-order valence-electron chi connectivity index (χ3n) is 5.34. The molecule has 0 fully saturated rings. The summed E-state index contributed by atoms with van der Waals surface area (Å²) < 4.78 is 11.6. The number of esters is 1. The Morgan fingerprint density at radius 1 is 0.800 bits per heavy atom. The van der Waals surface area contributed by atoms with Gasteiger partial charge in [-0.1, -0.05) is 84.3 Å². The second kappa shape index (κ2) is 14.9. The average molecular weight is 421 g/mol. The SMILES string of the molecule is CCCCCCCCCC(=O)Oc1ccccc1OC(CCC)(CCCC)C(=O)O. The predicted molar refractivity (Wildman–Crippen MR) is 120 cm³/mol. The highest BCUT2D eigenvalue weighted by atomic mass is 16.6. The van der Waals surface area contributed by atoms with E-state index in [9.17, 15) is 14.7 Å². The topological polar surface area (TPSA) is 72.8 Å². The zero-order valence-electron chi connectivity index (χ0n) is 19.1. The van der Waals surface area contributed by atoms with Crippen molar-refractivity contribution in [3.63, 3.8) is 0 Å². The van der Waals surface area contributed by atoms with Crippen LogP contribution < -0.4 is 9.47 Å². The molecule has 1 N–H and O–H groups in total. The van der Waals surface area contributed by atoms with Gasteiger partial charge in [0.05, 0.1) is 0 Å². The highest BCUT2D eigenvalue weighted by Gasteiger charge is 2.40. The molecule has 1 aromatic rings. The van der Waals surface area contributed by atoms with Crippen molar-refractivity contribution in [3.05, 3.63) is 24.3 Å². The molecular formula is C25H40O5. The van der Waals surface area contributed by atoms with Crippen molar-refractivity contribution in [2.24, 2.45) is 0 Å². The highest BCUT2D eigenvalue weighted by molar-refractivity contribution is 5.78. The van der Waals surface area contributed by atoms with Crippen LogP contribution in [0, 0.1) is 0 Å². The van der Waals surface area contributed by atoms with Gasteiger partial charge in [-0.2, -0.15) is 0 Å². The molecular weight excluding hydrogens is 380 g/mol. The second-order valence-corrected chi connectivity index (χ2v) is 8.05. The summed E-state index contributed by atoms with van der Waals surface area (Å²) in [6, 6.07) is 6.87. The minimum atomic E-state index is -1.30. The van der Waals surface area contributed by atoms with E-state index in [0.29, 0.717) is 37.2 Å². The summed E-state index contributed by atoms with van der Waals surface area (Å²) in [6.45, 7) is 6.17. The van der Waals surface area contributed by atoms with Crippen LogP contribution in [0.5, 0.6) is 11.5 Å². The molecule has 0 heterocycles. The first-order valence-corrected chi connectivity index (χ1v) is 11.7. The number of aliphatic carboxylic acids is 1. The lowest BCUT2D eigenvalue weighted by atomic mass is 9.91. The van der Waals surface area contributed by atoms with Crippen molar-refractivity contribution >= 4 is 11.9 Å². The smallest absolute Gasteiger partial charge is 0.348 e. The third-order valence-corrected chi connectivity index (χ3v) is 5.34. The van der Waals surface area contributed by atoms with Crippen molar-refractivity contribution in [2.75, 3.05) is 0 Å². The number of para-hydroxylation sites is 2. The number of hydrogen-bond acceptors (Lipinski definition) is 4. The quantitative estimate of drug-likeness (QED) is 0.168. The van der Waals surface area contributed by atoms with Crippen molar-refractivity contribution in [2.45, 2.75) is 110 Å². The highest BCUT2D eigenvalue weighted by Crippen LogP contribution is 2.34. The number of ether oxygens (including phenoxy) is 2. The minimum Gasteiger partial charge on any atom is -0.478 e. The first-order chi connectivity index (χ1) is 14.5. The summed E-state index contributed by atoms with van der Waals surface area (Å²) >= 11 is 0. The molecule has 0 spiro atoms. The number of carboxylic acid groups (broad SMARTS) is 1. The fraction of sp³-hybridized carbons (Fsp3) is 0.680. The Kier molecular flexibility index (Phi) is 12.9. The number of benzene rings is 1. The first kappa shape index (κ1) is 26.0. The molecule has 1 atom stereocenters. The van der Waals surface area contributed by atoms with E-state index < -0.39 is 11.6 Å². The second-order valence-electron chi connectivity index (χ2n) is 8.05. The molecule has 0 bridgehead atoms. The molecule has 1 rings (SSSR count). The van der Waals surface area contributed by atoms with E-state index >= 15 is 0 Å². The van der Waals surface area contributed by atoms with E-state index in [0.717, 1.165) is 32.1 Å². The molecule has 1 aromatic carbocycles. The molecule has 0 radical (unpaired) electrons. The lowest BCUT2D eigenvalue weighted by Gasteiger charge is -2.31. The van der Waals surface area contributed by atoms with Gasteiger partial charge >= 0.3 is 11.9 Å². The monoisotopic (exact) mass is 420 g/mol. The maximum absolute atomic E-state index is 12.3. The maximum atomic E-state index is 12.3. The Labute approximate surface area is 182 Å². The van der Waals surface area contributed by atoms with E-state index in [2.05, 4.69) is 6.92 Å². The molecule has 170 valence electrons. The van der Waals surface area contributed by atoms with Crippen LogP contribution in [0.15, 0.2) is 24.3 Å². The van der Waals surface area contributed by atoms with Crippen LogP contribution in [0.1, 0.15) is 104 Å². The number of carbonyl (C=O) groups is 2. The number of rotatable bonds is 17. The summed E-state index contributed by atoms with van der Waals surface area (Å²) in [5, 5.41) is 9.90. The first-order valence-electron chi connectivity index (χ1n) is 11.7. The molecule has 0 aliphatic heterocycles. The van der Waals surface area contributed by atoms with Crippen LogP contribution in [0.25, 0.3) is 0 Å². The number of carbonyl (C=O) groups excluding carboxylic acids is 1. The summed E-state index contributed by atoms with van der Waals surface area (Å²) in [5.74, 6) is -0.660. The molecule has 5 nitrogen and oxygen atoms in total. The molecule has 0 saturated carbocycles. The van der Waals surface area contributed by atoms with Crippen LogP contribution in [0.2, 0.25) is 0 Å². The number of hydrogen-bond donors (Lipinski definition) is 1. The average Bonchev–Trinajstić information content (AvgIpc) is 2.72. The van der Waals surface area contributed by atoms with E-state index in [1.165, 1.54) is 25.7 Å². The number of carboxylic acids is 1. The van der Waals surface area contributed by atoms with Gasteiger partial charge < -0.3 is 14.6 Å². The molecule has 0 saturated heterocycles. The zero-order valence-corrected chi connectivity index (χ0v) is 19.1. The van der Waals surface area contributed by atoms with Gasteiger partial charge in [0, 0.05) is 6.42 Å². The summed E-state index contributed by atoms with van der Waals surface area (Å²) in [7, 11) is 0. The Morgan fingerprint density at radius 3 is 2.00 bits per heavy atom. The lowest BCUT2D eigenvalue weighted by molar-refractivity contribution is -0.157. The molecule has 5 heteroatoms. The molecule has 0 aliphatic carbocycles.